The third kappa shape index (κ3) is 2.35. The second kappa shape index (κ2) is 6.03. The number of nitrogens with one attached hydrogen (secondary N) is 2. The van der Waals surface area contributed by atoms with E-state index in [1.165, 1.54) is 29.1 Å². The molecular weight excluding hydrogens is 312 g/mol. The summed E-state index contributed by atoms with van der Waals surface area (Å²) < 4.78 is 5.19. The van der Waals surface area contributed by atoms with Gasteiger partial charge in [0.2, 0.25) is 0 Å². The highest BCUT2D eigenvalue weighted by Crippen LogP contribution is 2.48. The number of aromatic amines is 1. The molecule has 1 saturated heterocycles. The van der Waals surface area contributed by atoms with Crippen molar-refractivity contribution < 1.29 is 9.53 Å². The van der Waals surface area contributed by atoms with Crippen LogP contribution >= 0.6 is 0 Å². The highest BCUT2D eigenvalue weighted by atomic mass is 16.5. The molecule has 25 heavy (non-hydrogen) atoms. The Balaban J connectivity index is 1.81. The molecule has 2 N–H and O–H groups in total. The molecule has 4 nitrogen and oxygen atoms in total. The van der Waals surface area contributed by atoms with Gasteiger partial charge < -0.3 is 15.0 Å². The lowest BCUT2D eigenvalue weighted by Gasteiger charge is -2.45. The molecule has 0 spiro atoms. The predicted molar refractivity (Wildman–Crippen MR) is 101 cm³/mol. The number of methoxy groups -OCH3 is 1. The zero-order valence-electron chi connectivity index (χ0n) is 15.0. The number of carbonyl (C=O) groups is 1. The van der Waals surface area contributed by atoms with Gasteiger partial charge in [0.25, 0.3) is 0 Å². The van der Waals surface area contributed by atoms with Crippen LogP contribution in [0, 0.1) is 5.41 Å². The Morgan fingerprint density at radius 1 is 1.48 bits per heavy atom. The first-order valence-corrected chi connectivity index (χ1v) is 9.21. The first-order chi connectivity index (χ1) is 12.1. The molecule has 0 saturated carbocycles. The molecule has 1 aromatic heterocycles. The molecule has 1 aliphatic carbocycles. The molecule has 4 rings (SSSR count). The molecule has 1 unspecified atom stereocenters. The van der Waals surface area contributed by atoms with Crippen LogP contribution in [-0.4, -0.2) is 30.6 Å². The predicted octanol–water partition coefficient (Wildman–Crippen LogP) is 3.77. The zero-order valence-corrected chi connectivity index (χ0v) is 15.0. The molecule has 3 atom stereocenters. The van der Waals surface area contributed by atoms with Gasteiger partial charge in [-0.15, -0.1) is 0 Å². The van der Waals surface area contributed by atoms with Gasteiger partial charge >= 0.3 is 5.97 Å². The van der Waals surface area contributed by atoms with Crippen molar-refractivity contribution in [1.82, 2.24) is 10.3 Å². The lowest BCUT2D eigenvalue weighted by atomic mass is 9.65. The van der Waals surface area contributed by atoms with E-state index in [1.54, 1.807) is 0 Å². The number of hydrogen-bond acceptors (Lipinski definition) is 3. The van der Waals surface area contributed by atoms with Gasteiger partial charge in [-0.05, 0) is 42.5 Å². The van der Waals surface area contributed by atoms with Gasteiger partial charge in [-0.3, -0.25) is 4.79 Å². The SMILES string of the molecule is C=Cc1[nH]c2cccc3c2c1C[C@H]1NC[C@@](CCC)(C(=O)OC)CC31. The summed E-state index contributed by atoms with van der Waals surface area (Å²) in [7, 11) is 1.51. The van der Waals surface area contributed by atoms with Crippen LogP contribution in [-0.2, 0) is 16.0 Å². The van der Waals surface area contributed by atoms with Crippen molar-refractivity contribution in [3.8, 4) is 0 Å². The van der Waals surface area contributed by atoms with Crippen molar-refractivity contribution in [2.75, 3.05) is 13.7 Å². The molecule has 2 aromatic rings. The van der Waals surface area contributed by atoms with E-state index in [4.69, 9.17) is 4.74 Å². The van der Waals surface area contributed by atoms with Crippen LogP contribution in [0.3, 0.4) is 0 Å². The minimum Gasteiger partial charge on any atom is -0.469 e. The van der Waals surface area contributed by atoms with Gasteiger partial charge in [-0.2, -0.15) is 0 Å². The first-order valence-electron chi connectivity index (χ1n) is 9.21. The Kier molecular flexibility index (Phi) is 3.95. The summed E-state index contributed by atoms with van der Waals surface area (Å²) in [6.45, 7) is 6.80. The van der Waals surface area contributed by atoms with Crippen molar-refractivity contribution >= 4 is 22.9 Å². The fourth-order valence-electron chi connectivity index (χ4n) is 5.07. The molecule has 4 heteroatoms. The normalized spacial score (nSPS) is 27.8. The van der Waals surface area contributed by atoms with E-state index in [9.17, 15) is 4.79 Å². The number of hydrogen-bond donors (Lipinski definition) is 2. The Bertz CT molecular complexity index is 838. The van der Waals surface area contributed by atoms with Crippen LogP contribution in [0.4, 0.5) is 0 Å². The highest BCUT2D eigenvalue weighted by Gasteiger charge is 2.48. The third-order valence-electron chi connectivity index (χ3n) is 6.17. The van der Waals surface area contributed by atoms with Crippen molar-refractivity contribution in [2.45, 2.75) is 44.6 Å². The Morgan fingerprint density at radius 3 is 3.04 bits per heavy atom. The number of fused-ring (bicyclic) bond motifs is 2. The molecule has 1 aliphatic heterocycles. The number of aromatic nitrogens is 1. The summed E-state index contributed by atoms with van der Waals surface area (Å²) in [6, 6.07) is 6.83. The fraction of sp³-hybridized carbons (Fsp3) is 0.476. The summed E-state index contributed by atoms with van der Waals surface area (Å²) in [4.78, 5) is 16.1. The summed E-state index contributed by atoms with van der Waals surface area (Å²) in [5.74, 6) is 0.267. The van der Waals surface area contributed by atoms with E-state index in [0.717, 1.165) is 31.4 Å². The largest absolute Gasteiger partial charge is 0.469 e. The van der Waals surface area contributed by atoms with Gasteiger partial charge in [-0.25, -0.2) is 0 Å². The summed E-state index contributed by atoms with van der Waals surface area (Å²) in [5.41, 5.74) is 4.59. The summed E-state index contributed by atoms with van der Waals surface area (Å²) in [6.07, 6.45) is 5.60. The van der Waals surface area contributed by atoms with Crippen molar-refractivity contribution in [3.05, 3.63) is 41.6 Å². The molecular formula is C21H26N2O2. The minimum atomic E-state index is -0.415. The summed E-state index contributed by atoms with van der Waals surface area (Å²) >= 11 is 0. The summed E-state index contributed by atoms with van der Waals surface area (Å²) in [5, 5.41) is 5.02. The lowest BCUT2D eigenvalue weighted by Crippen LogP contribution is -2.55. The van der Waals surface area contributed by atoms with Gasteiger partial charge in [0.05, 0.1) is 12.5 Å². The van der Waals surface area contributed by atoms with Crippen LogP contribution in [0.25, 0.3) is 17.0 Å². The zero-order chi connectivity index (χ0) is 17.6. The molecule has 0 amide bonds. The lowest BCUT2D eigenvalue weighted by molar-refractivity contribution is -0.155. The Hall–Kier alpha value is -2.07. The number of benzene rings is 1. The monoisotopic (exact) mass is 338 g/mol. The van der Waals surface area contributed by atoms with Gasteiger partial charge in [0.15, 0.2) is 0 Å². The van der Waals surface area contributed by atoms with Crippen LogP contribution in [0.5, 0.6) is 0 Å². The molecule has 0 bridgehead atoms. The van der Waals surface area contributed by atoms with Crippen LogP contribution in [0.1, 0.15) is 48.9 Å². The average Bonchev–Trinajstić information content (AvgIpc) is 3.01. The van der Waals surface area contributed by atoms with E-state index < -0.39 is 5.41 Å². The topological polar surface area (TPSA) is 54.1 Å². The first kappa shape index (κ1) is 16.4. The number of esters is 1. The Morgan fingerprint density at radius 2 is 2.32 bits per heavy atom. The highest BCUT2D eigenvalue weighted by molar-refractivity contribution is 5.92. The Labute approximate surface area is 148 Å². The smallest absolute Gasteiger partial charge is 0.313 e. The van der Waals surface area contributed by atoms with E-state index in [0.29, 0.717) is 18.5 Å². The van der Waals surface area contributed by atoms with Crippen LogP contribution < -0.4 is 5.32 Å². The number of ether oxygens (including phenoxy) is 1. The second-order valence-electron chi connectivity index (χ2n) is 7.52. The van der Waals surface area contributed by atoms with Crippen molar-refractivity contribution in [1.29, 1.82) is 0 Å². The maximum absolute atomic E-state index is 12.6. The van der Waals surface area contributed by atoms with Gasteiger partial charge in [0, 0.05) is 35.1 Å². The molecule has 2 aliphatic rings. The van der Waals surface area contributed by atoms with E-state index in [1.807, 2.05) is 6.08 Å². The second-order valence-corrected chi connectivity index (χ2v) is 7.52. The van der Waals surface area contributed by atoms with Crippen molar-refractivity contribution in [2.24, 2.45) is 5.41 Å². The molecule has 1 fully saturated rings. The quantitative estimate of drug-likeness (QED) is 0.834. The number of H-pyrrole nitrogens is 1. The van der Waals surface area contributed by atoms with Gasteiger partial charge in [-0.1, -0.05) is 32.1 Å². The van der Waals surface area contributed by atoms with E-state index >= 15 is 0 Å². The standard InChI is InChI=1S/C21H26N2O2/c1-4-9-21(20(24)25-3)11-15-13-7-6-8-17-19(13)14(16(5-2)23-17)10-18(15)22-12-21/h5-8,15,18,22-23H,2,4,9-12H2,1,3H3/t15?,18-,21+/m1/s1. The van der Waals surface area contributed by atoms with Crippen molar-refractivity contribution in [3.63, 3.8) is 0 Å². The number of piperidine rings is 1. The van der Waals surface area contributed by atoms with Crippen LogP contribution in [0.15, 0.2) is 24.8 Å². The van der Waals surface area contributed by atoms with Crippen LogP contribution in [0.2, 0.25) is 0 Å². The fourth-order valence-corrected chi connectivity index (χ4v) is 5.07. The van der Waals surface area contributed by atoms with E-state index in [2.05, 4.69) is 42.0 Å². The minimum absolute atomic E-state index is 0.0703. The molecule has 132 valence electrons. The molecule has 0 radical (unpaired) electrons. The average molecular weight is 338 g/mol. The molecule has 1 aromatic carbocycles. The molecule has 2 heterocycles. The maximum atomic E-state index is 12.6. The number of carbonyl (C=O) groups excluding carboxylic acids is 1. The maximum Gasteiger partial charge on any atom is 0.313 e. The van der Waals surface area contributed by atoms with Gasteiger partial charge in [0.1, 0.15) is 0 Å². The van der Waals surface area contributed by atoms with E-state index in [-0.39, 0.29) is 5.97 Å². The number of rotatable bonds is 4. The third-order valence-corrected chi connectivity index (χ3v) is 6.17.